The molecule has 0 saturated heterocycles. The van der Waals surface area contributed by atoms with Crippen LogP contribution in [0.1, 0.15) is 17.5 Å². The van der Waals surface area contributed by atoms with Gasteiger partial charge in [0.2, 0.25) is 0 Å². The zero-order chi connectivity index (χ0) is 26.9. The Kier molecular flexibility index (Phi) is 4.73. The maximum absolute atomic E-state index is 6.53. The maximum Gasteiger partial charge on any atom is 0.143 e. The van der Waals surface area contributed by atoms with Crippen molar-refractivity contribution in [2.75, 3.05) is 0 Å². The number of rotatable bonds is 2. The van der Waals surface area contributed by atoms with Crippen molar-refractivity contribution < 1.29 is 4.42 Å². The second-order valence-electron chi connectivity index (χ2n) is 10.9. The Morgan fingerprint density at radius 3 is 2.17 bits per heavy atom. The van der Waals surface area contributed by atoms with Crippen molar-refractivity contribution in [1.29, 1.82) is 0 Å². The molecule has 0 radical (unpaired) electrons. The fourth-order valence-electron chi connectivity index (χ4n) is 6.64. The van der Waals surface area contributed by atoms with Gasteiger partial charge in [0.1, 0.15) is 11.2 Å². The van der Waals surface area contributed by atoms with Crippen LogP contribution in [0.15, 0.2) is 120 Å². The van der Waals surface area contributed by atoms with Gasteiger partial charge >= 0.3 is 0 Å². The number of hydrogen-bond donors (Lipinski definition) is 0. The Morgan fingerprint density at radius 2 is 1.34 bits per heavy atom. The first-order valence-corrected chi connectivity index (χ1v) is 14.1. The fraction of sp³-hybridized carbons (Fsp3) is 0.0526. The molecule has 2 aromatic heterocycles. The van der Waals surface area contributed by atoms with Crippen molar-refractivity contribution in [2.45, 2.75) is 12.8 Å². The number of allylic oxidation sites excluding steroid dienone is 1. The standard InChI is InChI=1S/C38H24N2O/c1-2-13-26-24(10-1)21-32(38-35(26)31-18-7-8-19-34(31)41-38)23-11-9-12-25(20-23)33-22-39-36-29-16-5-3-14-27(29)28-15-4-6-17-30(28)37(36)40-33/h2-9,11-22H,1,10H2. The number of fused-ring (bicyclic) bond motifs is 11. The van der Waals surface area contributed by atoms with Gasteiger partial charge in [0.05, 0.1) is 22.9 Å². The van der Waals surface area contributed by atoms with E-state index in [1.807, 2.05) is 12.3 Å². The summed E-state index contributed by atoms with van der Waals surface area (Å²) in [7, 11) is 0. The second kappa shape index (κ2) is 8.61. The molecule has 0 bridgehead atoms. The summed E-state index contributed by atoms with van der Waals surface area (Å²) < 4.78 is 6.53. The largest absolute Gasteiger partial charge is 0.455 e. The lowest BCUT2D eigenvalue weighted by Gasteiger charge is -2.15. The highest BCUT2D eigenvalue weighted by atomic mass is 16.3. The first-order valence-electron chi connectivity index (χ1n) is 14.1. The molecule has 3 heteroatoms. The molecule has 0 N–H and O–H groups in total. The van der Waals surface area contributed by atoms with Crippen LogP contribution in [0, 0.1) is 0 Å². The van der Waals surface area contributed by atoms with Crippen LogP contribution < -0.4 is 0 Å². The molecule has 6 aromatic carbocycles. The van der Waals surface area contributed by atoms with E-state index in [0.717, 1.165) is 68.2 Å². The minimum Gasteiger partial charge on any atom is -0.455 e. The molecule has 192 valence electrons. The zero-order valence-corrected chi connectivity index (χ0v) is 22.3. The SMILES string of the molecule is C1=Cc2c(cc(-c3cccc(-c4cnc5c6ccccc6c6ccccc6c5n4)c3)c3oc4ccccc4c23)CC1. The molecule has 1 aliphatic rings. The van der Waals surface area contributed by atoms with Gasteiger partial charge in [0.15, 0.2) is 0 Å². The van der Waals surface area contributed by atoms with E-state index in [1.54, 1.807) is 0 Å². The van der Waals surface area contributed by atoms with Gasteiger partial charge in [0.25, 0.3) is 0 Å². The van der Waals surface area contributed by atoms with Gasteiger partial charge in [-0.2, -0.15) is 0 Å². The third-order valence-corrected chi connectivity index (χ3v) is 8.54. The summed E-state index contributed by atoms with van der Waals surface area (Å²) in [6.07, 6.45) is 8.54. The Bertz CT molecular complexity index is 2340. The predicted octanol–water partition coefficient (Wildman–Crippen LogP) is 10.1. The number of aromatic nitrogens is 2. The smallest absolute Gasteiger partial charge is 0.143 e. The van der Waals surface area contributed by atoms with Gasteiger partial charge in [-0.1, -0.05) is 97.1 Å². The normalized spacial score (nSPS) is 13.1. The van der Waals surface area contributed by atoms with Gasteiger partial charge in [0, 0.05) is 32.7 Å². The highest BCUT2D eigenvalue weighted by Gasteiger charge is 2.20. The minimum absolute atomic E-state index is 0.863. The maximum atomic E-state index is 6.53. The average Bonchev–Trinajstić information content (AvgIpc) is 3.44. The summed E-state index contributed by atoms with van der Waals surface area (Å²) in [6, 6.07) is 36.3. The quantitative estimate of drug-likeness (QED) is 0.211. The molecular formula is C38H24N2O. The molecule has 41 heavy (non-hydrogen) atoms. The van der Waals surface area contributed by atoms with Crippen LogP contribution in [-0.4, -0.2) is 9.97 Å². The molecule has 0 atom stereocenters. The highest BCUT2D eigenvalue weighted by Crippen LogP contribution is 2.42. The van der Waals surface area contributed by atoms with E-state index in [1.165, 1.54) is 32.7 Å². The molecule has 0 spiro atoms. The van der Waals surface area contributed by atoms with Crippen LogP contribution >= 0.6 is 0 Å². The van der Waals surface area contributed by atoms with Gasteiger partial charge in [-0.25, -0.2) is 4.98 Å². The lowest BCUT2D eigenvalue weighted by atomic mass is 9.89. The van der Waals surface area contributed by atoms with Crippen LogP contribution in [0.25, 0.3) is 83.0 Å². The van der Waals surface area contributed by atoms with Crippen LogP contribution in [0.2, 0.25) is 0 Å². The van der Waals surface area contributed by atoms with Crippen molar-refractivity contribution >= 4 is 60.6 Å². The van der Waals surface area contributed by atoms with E-state index in [4.69, 9.17) is 14.4 Å². The van der Waals surface area contributed by atoms with Gasteiger partial charge in [-0.3, -0.25) is 4.98 Å². The molecule has 2 heterocycles. The molecule has 0 aliphatic heterocycles. The summed E-state index contributed by atoms with van der Waals surface area (Å²) in [4.78, 5) is 10.2. The number of para-hydroxylation sites is 1. The molecule has 0 amide bonds. The van der Waals surface area contributed by atoms with Crippen LogP contribution in [0.3, 0.4) is 0 Å². The van der Waals surface area contributed by atoms with Crippen LogP contribution in [0.5, 0.6) is 0 Å². The molecule has 1 aliphatic carbocycles. The van der Waals surface area contributed by atoms with Crippen molar-refractivity contribution in [3.8, 4) is 22.4 Å². The number of hydrogen-bond acceptors (Lipinski definition) is 3. The van der Waals surface area contributed by atoms with Gasteiger partial charge < -0.3 is 4.42 Å². The van der Waals surface area contributed by atoms with E-state index in [9.17, 15) is 0 Å². The predicted molar refractivity (Wildman–Crippen MR) is 170 cm³/mol. The topological polar surface area (TPSA) is 38.9 Å². The van der Waals surface area contributed by atoms with E-state index < -0.39 is 0 Å². The zero-order valence-electron chi connectivity index (χ0n) is 22.3. The first-order chi connectivity index (χ1) is 20.3. The summed E-state index contributed by atoms with van der Waals surface area (Å²) in [5.74, 6) is 0. The number of benzene rings is 6. The van der Waals surface area contributed by atoms with Crippen molar-refractivity contribution in [3.05, 3.63) is 127 Å². The van der Waals surface area contributed by atoms with E-state index in [0.29, 0.717) is 0 Å². The molecule has 9 rings (SSSR count). The molecular weight excluding hydrogens is 500 g/mol. The van der Waals surface area contributed by atoms with Crippen LogP contribution in [-0.2, 0) is 6.42 Å². The molecule has 0 fully saturated rings. The lowest BCUT2D eigenvalue weighted by Crippen LogP contribution is -1.96. The summed E-state index contributed by atoms with van der Waals surface area (Å²) >= 11 is 0. The van der Waals surface area contributed by atoms with Crippen molar-refractivity contribution in [2.24, 2.45) is 0 Å². The Morgan fingerprint density at radius 1 is 0.634 bits per heavy atom. The fourth-order valence-corrected chi connectivity index (χ4v) is 6.64. The molecule has 0 saturated carbocycles. The number of aryl methyl sites for hydroxylation is 1. The third-order valence-electron chi connectivity index (χ3n) is 8.54. The van der Waals surface area contributed by atoms with Gasteiger partial charge in [-0.15, -0.1) is 0 Å². The summed E-state index contributed by atoms with van der Waals surface area (Å²) in [5.41, 5.74) is 10.5. The Hall–Kier alpha value is -5.28. The number of nitrogens with zero attached hydrogens (tertiary/aromatic N) is 2. The number of furan rings is 1. The minimum atomic E-state index is 0.863. The first kappa shape index (κ1) is 22.5. The summed E-state index contributed by atoms with van der Waals surface area (Å²) in [5, 5.41) is 7.03. The van der Waals surface area contributed by atoms with Crippen LogP contribution in [0.4, 0.5) is 0 Å². The molecule has 3 nitrogen and oxygen atoms in total. The third kappa shape index (κ3) is 3.33. The second-order valence-corrected chi connectivity index (χ2v) is 10.9. The average molecular weight is 525 g/mol. The van der Waals surface area contributed by atoms with Gasteiger partial charge in [-0.05, 0) is 58.5 Å². The monoisotopic (exact) mass is 524 g/mol. The molecule has 0 unspecified atom stereocenters. The highest BCUT2D eigenvalue weighted by molar-refractivity contribution is 6.23. The van der Waals surface area contributed by atoms with E-state index >= 15 is 0 Å². The molecule has 8 aromatic rings. The Labute approximate surface area is 236 Å². The van der Waals surface area contributed by atoms with Crippen molar-refractivity contribution in [1.82, 2.24) is 9.97 Å². The van der Waals surface area contributed by atoms with E-state index in [-0.39, 0.29) is 0 Å². The Balaban J connectivity index is 1.27. The summed E-state index contributed by atoms with van der Waals surface area (Å²) in [6.45, 7) is 0. The lowest BCUT2D eigenvalue weighted by molar-refractivity contribution is 0.669. The van der Waals surface area contributed by atoms with E-state index in [2.05, 4.69) is 109 Å². The van der Waals surface area contributed by atoms with Crippen molar-refractivity contribution in [3.63, 3.8) is 0 Å².